The molecule has 0 saturated carbocycles. The predicted molar refractivity (Wildman–Crippen MR) is 77.4 cm³/mol. The number of aliphatic hydroxyl groups excluding tert-OH is 1. The summed E-state index contributed by atoms with van der Waals surface area (Å²) in [5.41, 5.74) is -0.0863. The Bertz CT molecular complexity index is 720. The smallest absolute Gasteiger partial charge is 0.243 e. The molecule has 0 bridgehead atoms. The van der Waals surface area contributed by atoms with Gasteiger partial charge in [0, 0.05) is 29.0 Å². The van der Waals surface area contributed by atoms with Crippen molar-refractivity contribution in [3.8, 4) is 0 Å². The lowest BCUT2D eigenvalue weighted by atomic mass is 10.2. The highest BCUT2D eigenvalue weighted by atomic mass is 79.9. The number of rotatable bonds is 6. The van der Waals surface area contributed by atoms with Crippen LogP contribution < -0.4 is 4.72 Å². The van der Waals surface area contributed by atoms with Crippen LogP contribution in [0.1, 0.15) is 5.56 Å². The van der Waals surface area contributed by atoms with Gasteiger partial charge in [0.05, 0.1) is 13.2 Å². The zero-order valence-electron chi connectivity index (χ0n) is 10.8. The van der Waals surface area contributed by atoms with Crippen LogP contribution in [0, 0.1) is 5.82 Å². The van der Waals surface area contributed by atoms with Gasteiger partial charge in [0.25, 0.3) is 0 Å². The Labute approximate surface area is 129 Å². The molecule has 114 valence electrons. The predicted octanol–water partition coefficient (Wildman–Crippen LogP) is 1.26. The largest absolute Gasteiger partial charge is 0.392 e. The average Bonchev–Trinajstić information content (AvgIpc) is 2.93. The van der Waals surface area contributed by atoms with Gasteiger partial charge in [-0.3, -0.25) is 4.68 Å². The molecule has 0 spiro atoms. The SMILES string of the molecule is O=S(=O)(NCCn1cccn1)c1cc(Br)cc(CO)c1F. The van der Waals surface area contributed by atoms with Gasteiger partial charge in [-0.2, -0.15) is 5.10 Å². The molecule has 21 heavy (non-hydrogen) atoms. The minimum absolute atomic E-state index is 0.0738. The lowest BCUT2D eigenvalue weighted by molar-refractivity contribution is 0.274. The van der Waals surface area contributed by atoms with E-state index in [2.05, 4.69) is 25.8 Å². The standard InChI is InChI=1S/C12H13BrFN3O3S/c13-10-6-9(8-18)12(14)11(7-10)21(19,20)16-3-5-17-4-1-2-15-17/h1-2,4,6-7,16,18H,3,5,8H2. The van der Waals surface area contributed by atoms with E-state index in [1.807, 2.05) is 0 Å². The van der Waals surface area contributed by atoms with Crippen LogP contribution in [0.2, 0.25) is 0 Å². The first kappa shape index (κ1) is 16.1. The molecule has 0 radical (unpaired) electrons. The molecule has 2 N–H and O–H groups in total. The lowest BCUT2D eigenvalue weighted by Gasteiger charge is -2.10. The Morgan fingerprint density at radius 2 is 2.19 bits per heavy atom. The van der Waals surface area contributed by atoms with Crippen molar-refractivity contribution in [2.45, 2.75) is 18.0 Å². The first-order chi connectivity index (χ1) is 9.94. The number of halogens is 2. The van der Waals surface area contributed by atoms with E-state index < -0.39 is 27.3 Å². The first-order valence-electron chi connectivity index (χ1n) is 6.00. The van der Waals surface area contributed by atoms with E-state index in [-0.39, 0.29) is 12.1 Å². The van der Waals surface area contributed by atoms with Crippen LogP contribution in [-0.4, -0.2) is 29.8 Å². The Morgan fingerprint density at radius 3 is 2.81 bits per heavy atom. The monoisotopic (exact) mass is 377 g/mol. The minimum Gasteiger partial charge on any atom is -0.392 e. The molecule has 0 unspecified atom stereocenters. The Kier molecular flexibility index (Phi) is 5.09. The maximum Gasteiger partial charge on any atom is 0.243 e. The van der Waals surface area contributed by atoms with Gasteiger partial charge in [-0.15, -0.1) is 0 Å². The van der Waals surface area contributed by atoms with Crippen molar-refractivity contribution in [3.63, 3.8) is 0 Å². The number of sulfonamides is 1. The van der Waals surface area contributed by atoms with Gasteiger partial charge < -0.3 is 5.11 Å². The molecule has 6 nitrogen and oxygen atoms in total. The summed E-state index contributed by atoms with van der Waals surface area (Å²) in [6.45, 7) is -0.180. The molecule has 2 rings (SSSR count). The van der Waals surface area contributed by atoms with Gasteiger partial charge >= 0.3 is 0 Å². The van der Waals surface area contributed by atoms with Crippen molar-refractivity contribution in [3.05, 3.63) is 46.4 Å². The molecule has 0 atom stereocenters. The van der Waals surface area contributed by atoms with Gasteiger partial charge in [0.2, 0.25) is 10.0 Å². The number of hydrogen-bond donors (Lipinski definition) is 2. The van der Waals surface area contributed by atoms with Crippen LogP contribution in [0.4, 0.5) is 4.39 Å². The van der Waals surface area contributed by atoms with E-state index in [1.165, 1.54) is 6.07 Å². The Balaban J connectivity index is 2.17. The van der Waals surface area contributed by atoms with Gasteiger partial charge in [-0.05, 0) is 18.2 Å². The van der Waals surface area contributed by atoms with Crippen molar-refractivity contribution in [1.82, 2.24) is 14.5 Å². The second-order valence-corrected chi connectivity index (χ2v) is 6.85. The van der Waals surface area contributed by atoms with Gasteiger partial charge in [-0.1, -0.05) is 15.9 Å². The van der Waals surface area contributed by atoms with Crippen LogP contribution in [-0.2, 0) is 23.2 Å². The number of nitrogens with zero attached hydrogens (tertiary/aromatic N) is 2. The van der Waals surface area contributed by atoms with Crippen LogP contribution in [0.25, 0.3) is 0 Å². The van der Waals surface area contributed by atoms with Crippen molar-refractivity contribution >= 4 is 26.0 Å². The first-order valence-corrected chi connectivity index (χ1v) is 8.27. The number of aromatic nitrogens is 2. The molecule has 0 saturated heterocycles. The lowest BCUT2D eigenvalue weighted by Crippen LogP contribution is -2.28. The number of nitrogens with one attached hydrogen (secondary N) is 1. The van der Waals surface area contributed by atoms with Crippen LogP contribution in [0.5, 0.6) is 0 Å². The fraction of sp³-hybridized carbons (Fsp3) is 0.250. The summed E-state index contributed by atoms with van der Waals surface area (Å²) in [6.07, 6.45) is 3.27. The number of hydrogen-bond acceptors (Lipinski definition) is 4. The van der Waals surface area contributed by atoms with Crippen molar-refractivity contribution in [2.75, 3.05) is 6.54 Å². The highest BCUT2D eigenvalue weighted by Gasteiger charge is 2.21. The highest BCUT2D eigenvalue weighted by Crippen LogP contribution is 2.24. The third-order valence-electron chi connectivity index (χ3n) is 2.73. The van der Waals surface area contributed by atoms with Crippen LogP contribution >= 0.6 is 15.9 Å². The second-order valence-electron chi connectivity index (χ2n) is 4.20. The summed E-state index contributed by atoms with van der Waals surface area (Å²) in [5, 5.41) is 13.0. The molecule has 0 fully saturated rings. The fourth-order valence-electron chi connectivity index (χ4n) is 1.73. The maximum atomic E-state index is 14.0. The molecule has 1 heterocycles. The van der Waals surface area contributed by atoms with Crippen molar-refractivity contribution in [1.29, 1.82) is 0 Å². The maximum absolute atomic E-state index is 14.0. The zero-order chi connectivity index (χ0) is 15.5. The summed E-state index contributed by atoms with van der Waals surface area (Å²) in [7, 11) is -4.01. The van der Waals surface area contributed by atoms with E-state index in [0.717, 1.165) is 6.07 Å². The highest BCUT2D eigenvalue weighted by molar-refractivity contribution is 9.10. The quantitative estimate of drug-likeness (QED) is 0.793. The summed E-state index contributed by atoms with van der Waals surface area (Å²) >= 11 is 3.10. The van der Waals surface area contributed by atoms with Crippen LogP contribution in [0.15, 0.2) is 40.0 Å². The molecular weight excluding hydrogens is 365 g/mol. The molecule has 1 aromatic carbocycles. The average molecular weight is 378 g/mol. The third kappa shape index (κ3) is 3.88. The normalized spacial score (nSPS) is 11.8. The molecule has 9 heteroatoms. The summed E-state index contributed by atoms with van der Waals surface area (Å²) in [4.78, 5) is -0.499. The van der Waals surface area contributed by atoms with Gasteiger partial charge in [-0.25, -0.2) is 17.5 Å². The molecule has 2 aromatic rings. The molecule has 0 aliphatic rings. The molecule has 0 aliphatic carbocycles. The van der Waals surface area contributed by atoms with Gasteiger partial charge in [0.1, 0.15) is 10.7 Å². The summed E-state index contributed by atoms with van der Waals surface area (Å²) < 4.78 is 42.5. The Morgan fingerprint density at radius 1 is 1.43 bits per heavy atom. The topological polar surface area (TPSA) is 84.2 Å². The summed E-state index contributed by atoms with van der Waals surface area (Å²) in [6, 6.07) is 4.21. The molecule has 0 amide bonds. The van der Waals surface area contributed by atoms with E-state index in [9.17, 15) is 12.8 Å². The van der Waals surface area contributed by atoms with E-state index in [4.69, 9.17) is 5.11 Å². The molecular formula is C12H13BrFN3O3S. The Hall–Kier alpha value is -1.29. The fourth-order valence-corrected chi connectivity index (χ4v) is 3.56. The summed E-state index contributed by atoms with van der Waals surface area (Å²) in [5.74, 6) is -0.952. The third-order valence-corrected chi connectivity index (χ3v) is 4.65. The molecule has 1 aromatic heterocycles. The van der Waals surface area contributed by atoms with Crippen LogP contribution in [0.3, 0.4) is 0 Å². The second kappa shape index (κ2) is 6.65. The zero-order valence-corrected chi connectivity index (χ0v) is 13.2. The molecule has 0 aliphatic heterocycles. The van der Waals surface area contributed by atoms with Crippen molar-refractivity contribution < 1.29 is 17.9 Å². The van der Waals surface area contributed by atoms with Gasteiger partial charge in [0.15, 0.2) is 0 Å². The minimum atomic E-state index is -4.01. The van der Waals surface area contributed by atoms with E-state index in [1.54, 1.807) is 23.1 Å². The van der Waals surface area contributed by atoms with E-state index in [0.29, 0.717) is 11.0 Å². The van der Waals surface area contributed by atoms with E-state index >= 15 is 0 Å². The number of aliphatic hydroxyl groups is 1. The van der Waals surface area contributed by atoms with Crippen molar-refractivity contribution in [2.24, 2.45) is 0 Å². The number of benzene rings is 1.